The lowest BCUT2D eigenvalue weighted by molar-refractivity contribution is 0.0792. The van der Waals surface area contributed by atoms with Gasteiger partial charge in [0.1, 0.15) is 5.75 Å². The van der Waals surface area contributed by atoms with Gasteiger partial charge in [-0.2, -0.15) is 0 Å². The van der Waals surface area contributed by atoms with Gasteiger partial charge in [0, 0.05) is 50.0 Å². The average molecular weight is 512 g/mol. The van der Waals surface area contributed by atoms with Crippen molar-refractivity contribution in [3.63, 3.8) is 0 Å². The molecule has 2 saturated heterocycles. The zero-order valence-corrected chi connectivity index (χ0v) is 21.4. The second kappa shape index (κ2) is 11.2. The molecule has 3 heterocycles. The highest BCUT2D eigenvalue weighted by molar-refractivity contribution is 6.32. The van der Waals surface area contributed by atoms with E-state index in [-0.39, 0.29) is 12.2 Å². The quantitative estimate of drug-likeness (QED) is 0.441. The molecular weight excluding hydrogens is 478 g/mol. The van der Waals surface area contributed by atoms with Crippen molar-refractivity contribution in [3.05, 3.63) is 52.5 Å². The van der Waals surface area contributed by atoms with Crippen molar-refractivity contribution in [2.24, 2.45) is 0 Å². The molecule has 0 unspecified atom stereocenters. The molecule has 0 aliphatic carbocycles. The van der Waals surface area contributed by atoms with Crippen LogP contribution in [-0.2, 0) is 13.1 Å². The molecule has 0 spiro atoms. The van der Waals surface area contributed by atoms with Crippen LogP contribution < -0.4 is 15.0 Å². The monoisotopic (exact) mass is 511 g/mol. The van der Waals surface area contributed by atoms with Gasteiger partial charge in [-0.1, -0.05) is 29.8 Å². The lowest BCUT2D eigenvalue weighted by Gasteiger charge is -2.31. The van der Waals surface area contributed by atoms with Crippen molar-refractivity contribution in [1.29, 1.82) is 0 Å². The molecule has 0 saturated carbocycles. The number of aliphatic hydroxyl groups excluding tert-OH is 2. The highest BCUT2D eigenvalue weighted by Gasteiger charge is 2.22. The van der Waals surface area contributed by atoms with Crippen molar-refractivity contribution in [2.45, 2.75) is 51.0 Å². The molecule has 8 nitrogen and oxygen atoms in total. The maximum absolute atomic E-state index is 9.96. The summed E-state index contributed by atoms with van der Waals surface area (Å²) in [7, 11) is 1.61. The predicted octanol–water partition coefficient (Wildman–Crippen LogP) is 3.82. The number of fused-ring (bicyclic) bond motifs is 1. The molecule has 5 rings (SSSR count). The Morgan fingerprint density at radius 2 is 1.61 bits per heavy atom. The molecule has 192 valence electrons. The van der Waals surface area contributed by atoms with Gasteiger partial charge in [0.15, 0.2) is 11.6 Å². The summed E-state index contributed by atoms with van der Waals surface area (Å²) in [6.07, 6.45) is 2.69. The third kappa shape index (κ3) is 5.67. The number of halogens is 1. The number of nitrogens with zero attached hydrogens (tertiary/aromatic N) is 4. The molecule has 2 aromatic carbocycles. The average Bonchev–Trinajstić information content (AvgIpc) is 2.89. The first kappa shape index (κ1) is 25.0. The Morgan fingerprint density at radius 3 is 2.31 bits per heavy atom. The van der Waals surface area contributed by atoms with Crippen LogP contribution in [0.25, 0.3) is 10.8 Å². The van der Waals surface area contributed by atoms with E-state index in [4.69, 9.17) is 16.3 Å². The van der Waals surface area contributed by atoms with Crippen molar-refractivity contribution in [1.82, 2.24) is 15.1 Å². The standard InChI is InChI=1S/C27H34ClN5O3/c1-36-25-5-3-18(15-24(25)28)16-29-26-23-14-19(17-32-10-6-20(34)7-11-32)2-4-22(23)27(31-30-26)33-12-8-21(35)9-13-33/h2-5,14-15,20-21,34-35H,6-13,16-17H2,1H3,(H,29,30). The number of hydrogen-bond donors (Lipinski definition) is 3. The van der Waals surface area contributed by atoms with E-state index in [0.717, 1.165) is 86.4 Å². The number of aromatic nitrogens is 2. The second-order valence-electron chi connectivity index (χ2n) is 9.80. The molecule has 0 bridgehead atoms. The number of anilines is 2. The van der Waals surface area contributed by atoms with E-state index >= 15 is 0 Å². The number of methoxy groups -OCH3 is 1. The van der Waals surface area contributed by atoms with Gasteiger partial charge in [0.2, 0.25) is 0 Å². The van der Waals surface area contributed by atoms with Gasteiger partial charge >= 0.3 is 0 Å². The van der Waals surface area contributed by atoms with Crippen molar-refractivity contribution in [2.75, 3.05) is 43.5 Å². The summed E-state index contributed by atoms with van der Waals surface area (Å²) < 4.78 is 5.27. The summed E-state index contributed by atoms with van der Waals surface area (Å²) in [5.41, 5.74) is 2.23. The SMILES string of the molecule is COc1ccc(CNc2nnc(N3CCC(O)CC3)c3ccc(CN4CCC(O)CC4)cc23)cc1Cl. The minimum atomic E-state index is -0.243. The maximum Gasteiger partial charge on any atom is 0.159 e. The topological polar surface area (TPSA) is 94.0 Å². The molecule has 9 heteroatoms. The Hall–Kier alpha value is -2.65. The third-order valence-corrected chi connectivity index (χ3v) is 7.52. The van der Waals surface area contributed by atoms with Crippen LogP contribution in [-0.4, -0.2) is 70.8 Å². The van der Waals surface area contributed by atoms with Gasteiger partial charge in [-0.05, 0) is 55.0 Å². The highest BCUT2D eigenvalue weighted by atomic mass is 35.5. The molecule has 0 atom stereocenters. The number of benzene rings is 2. The van der Waals surface area contributed by atoms with E-state index in [2.05, 4.69) is 43.5 Å². The van der Waals surface area contributed by atoms with E-state index < -0.39 is 0 Å². The van der Waals surface area contributed by atoms with Crippen LogP contribution in [0, 0.1) is 0 Å². The van der Waals surface area contributed by atoms with E-state index in [1.807, 2.05) is 18.2 Å². The Balaban J connectivity index is 1.43. The minimum Gasteiger partial charge on any atom is -0.495 e. The summed E-state index contributed by atoms with van der Waals surface area (Å²) in [5, 5.41) is 35.1. The van der Waals surface area contributed by atoms with Crippen LogP contribution in [0.2, 0.25) is 5.02 Å². The van der Waals surface area contributed by atoms with E-state index in [1.165, 1.54) is 5.56 Å². The number of rotatable bonds is 7. The van der Waals surface area contributed by atoms with Crippen molar-refractivity contribution in [3.8, 4) is 5.75 Å². The largest absolute Gasteiger partial charge is 0.495 e. The van der Waals surface area contributed by atoms with Crippen LogP contribution in [0.4, 0.5) is 11.6 Å². The van der Waals surface area contributed by atoms with Gasteiger partial charge in [-0.3, -0.25) is 4.90 Å². The third-order valence-electron chi connectivity index (χ3n) is 7.23. The normalized spacial score (nSPS) is 18.1. The Morgan fingerprint density at radius 1 is 0.917 bits per heavy atom. The number of ether oxygens (including phenoxy) is 1. The number of nitrogens with one attached hydrogen (secondary N) is 1. The van der Waals surface area contributed by atoms with Gasteiger partial charge in [0.05, 0.1) is 24.3 Å². The van der Waals surface area contributed by atoms with Crippen LogP contribution in [0.15, 0.2) is 36.4 Å². The molecule has 0 radical (unpaired) electrons. The molecule has 0 amide bonds. The smallest absolute Gasteiger partial charge is 0.159 e. The first-order valence-electron chi connectivity index (χ1n) is 12.7. The lowest BCUT2D eigenvalue weighted by Crippen LogP contribution is -2.36. The van der Waals surface area contributed by atoms with Crippen LogP contribution in [0.1, 0.15) is 36.8 Å². The molecule has 1 aromatic heterocycles. The van der Waals surface area contributed by atoms with E-state index in [1.54, 1.807) is 7.11 Å². The fourth-order valence-corrected chi connectivity index (χ4v) is 5.35. The van der Waals surface area contributed by atoms with Crippen molar-refractivity contribution >= 4 is 34.0 Å². The molecule has 36 heavy (non-hydrogen) atoms. The van der Waals surface area contributed by atoms with E-state index in [9.17, 15) is 10.2 Å². The van der Waals surface area contributed by atoms with Crippen LogP contribution >= 0.6 is 11.6 Å². The molecule has 3 aromatic rings. The molecular formula is C27H34ClN5O3. The minimum absolute atomic E-state index is 0.180. The predicted molar refractivity (Wildman–Crippen MR) is 143 cm³/mol. The zero-order chi connectivity index (χ0) is 25.1. The van der Waals surface area contributed by atoms with Crippen molar-refractivity contribution < 1.29 is 14.9 Å². The van der Waals surface area contributed by atoms with Gasteiger partial charge in [-0.25, -0.2) is 0 Å². The maximum atomic E-state index is 9.96. The number of hydrogen-bond acceptors (Lipinski definition) is 8. The summed E-state index contributed by atoms with van der Waals surface area (Å²) in [6.45, 7) is 4.72. The number of piperidine rings is 2. The zero-order valence-electron chi connectivity index (χ0n) is 20.7. The first-order valence-corrected chi connectivity index (χ1v) is 13.1. The molecule has 3 N–H and O–H groups in total. The van der Waals surface area contributed by atoms with Crippen LogP contribution in [0.5, 0.6) is 5.75 Å². The summed E-state index contributed by atoms with van der Waals surface area (Å²) in [6, 6.07) is 12.3. The van der Waals surface area contributed by atoms with E-state index in [0.29, 0.717) is 17.3 Å². The van der Waals surface area contributed by atoms with Gasteiger partial charge in [-0.15, -0.1) is 10.2 Å². The molecule has 2 aliphatic heterocycles. The number of likely N-dealkylation sites (tertiary alicyclic amines) is 1. The second-order valence-corrected chi connectivity index (χ2v) is 10.2. The lowest BCUT2D eigenvalue weighted by atomic mass is 10.0. The first-order chi connectivity index (χ1) is 17.5. The summed E-state index contributed by atoms with van der Waals surface area (Å²) in [5.74, 6) is 2.24. The van der Waals surface area contributed by atoms with Crippen LogP contribution in [0.3, 0.4) is 0 Å². The molecule has 2 aliphatic rings. The fourth-order valence-electron chi connectivity index (χ4n) is 5.07. The van der Waals surface area contributed by atoms with Gasteiger partial charge in [0.25, 0.3) is 0 Å². The number of aliphatic hydroxyl groups is 2. The Labute approximate surface area is 216 Å². The summed E-state index contributed by atoms with van der Waals surface area (Å²) in [4.78, 5) is 4.61. The highest BCUT2D eigenvalue weighted by Crippen LogP contribution is 2.32. The fraction of sp³-hybridized carbons (Fsp3) is 0.481. The molecule has 2 fully saturated rings. The summed E-state index contributed by atoms with van der Waals surface area (Å²) >= 11 is 6.32. The Bertz CT molecular complexity index is 1190. The van der Waals surface area contributed by atoms with Gasteiger partial charge < -0.3 is 25.2 Å². The Kier molecular flexibility index (Phi) is 7.76.